The first-order valence-electron chi connectivity index (χ1n) is 9.30. The number of hydrogen-bond acceptors (Lipinski definition) is 8. The predicted octanol–water partition coefficient (Wildman–Crippen LogP) is 1.57. The number of nitrogens with zero attached hydrogens (tertiary/aromatic N) is 4. The van der Waals surface area contributed by atoms with E-state index in [1.54, 1.807) is 13.8 Å². The number of carbonyl (C=O) groups excluding carboxylic acids is 1. The highest BCUT2D eigenvalue weighted by atomic mass is 19.1. The number of nitrogen functional groups attached to an aromatic ring is 1. The molecule has 2 aromatic heterocycles. The summed E-state index contributed by atoms with van der Waals surface area (Å²) in [7, 11) is 0. The van der Waals surface area contributed by atoms with Gasteiger partial charge in [-0.2, -0.15) is 14.4 Å². The van der Waals surface area contributed by atoms with E-state index in [0.717, 1.165) is 6.42 Å². The number of esters is 1. The first kappa shape index (κ1) is 21.0. The second-order valence-electron chi connectivity index (χ2n) is 7.77. The summed E-state index contributed by atoms with van der Waals surface area (Å²) in [6, 6.07) is 0. The number of carbonyl (C=O) groups is 1. The number of aromatic nitrogens is 4. The minimum absolute atomic E-state index is 0.0666. The minimum atomic E-state index is -1.55. The average Bonchev–Trinajstić information content (AvgIpc) is 3.21. The van der Waals surface area contributed by atoms with Crippen molar-refractivity contribution in [1.29, 1.82) is 0 Å². The van der Waals surface area contributed by atoms with Crippen molar-refractivity contribution in [3.05, 3.63) is 12.4 Å². The summed E-state index contributed by atoms with van der Waals surface area (Å²) in [5, 5.41) is 10.6. The van der Waals surface area contributed by atoms with Crippen molar-refractivity contribution in [2.24, 2.45) is 5.41 Å². The number of hydrogen-bond donors (Lipinski definition) is 2. The van der Waals surface area contributed by atoms with Crippen molar-refractivity contribution < 1.29 is 23.8 Å². The zero-order valence-electron chi connectivity index (χ0n) is 16.6. The molecule has 3 N–H and O–H groups in total. The SMILES string of the molecule is C#C[C@]1(COC(=O)C(C)(C)CCC)O[C@@H](n2cnc3c(N)nc(F)nc32)C[C@@H]1O. The molecule has 1 saturated heterocycles. The van der Waals surface area contributed by atoms with Gasteiger partial charge in [-0.25, -0.2) is 4.98 Å². The fourth-order valence-corrected chi connectivity index (χ4v) is 3.44. The molecule has 9 nitrogen and oxygen atoms in total. The molecule has 156 valence electrons. The van der Waals surface area contributed by atoms with Crippen LogP contribution in [-0.4, -0.2) is 48.9 Å². The lowest BCUT2D eigenvalue weighted by Crippen LogP contribution is -2.44. The van der Waals surface area contributed by atoms with Crippen molar-refractivity contribution in [2.75, 3.05) is 12.3 Å². The lowest BCUT2D eigenvalue weighted by Gasteiger charge is -2.29. The quantitative estimate of drug-likeness (QED) is 0.421. The van der Waals surface area contributed by atoms with Gasteiger partial charge in [0.25, 0.3) is 0 Å². The maximum absolute atomic E-state index is 13.6. The largest absolute Gasteiger partial charge is 0.461 e. The second-order valence-corrected chi connectivity index (χ2v) is 7.77. The van der Waals surface area contributed by atoms with Crippen molar-refractivity contribution in [2.45, 2.75) is 58.0 Å². The minimum Gasteiger partial charge on any atom is -0.461 e. The Morgan fingerprint density at radius 3 is 2.97 bits per heavy atom. The van der Waals surface area contributed by atoms with Crippen molar-refractivity contribution in [1.82, 2.24) is 19.5 Å². The van der Waals surface area contributed by atoms with Gasteiger partial charge in [0, 0.05) is 6.42 Å². The van der Waals surface area contributed by atoms with Crippen LogP contribution in [0.3, 0.4) is 0 Å². The van der Waals surface area contributed by atoms with Gasteiger partial charge in [0.2, 0.25) is 0 Å². The molecule has 0 radical (unpaired) electrons. The highest BCUT2D eigenvalue weighted by Crippen LogP contribution is 2.38. The fourth-order valence-electron chi connectivity index (χ4n) is 3.44. The van der Waals surface area contributed by atoms with E-state index in [-0.39, 0.29) is 30.0 Å². The molecule has 0 bridgehead atoms. The van der Waals surface area contributed by atoms with E-state index in [0.29, 0.717) is 6.42 Å². The Morgan fingerprint density at radius 1 is 1.59 bits per heavy atom. The molecule has 1 aliphatic heterocycles. The van der Waals surface area contributed by atoms with E-state index >= 15 is 0 Å². The number of ether oxygens (including phenoxy) is 2. The molecule has 3 atom stereocenters. The van der Waals surface area contributed by atoms with Crippen LogP contribution in [-0.2, 0) is 14.3 Å². The maximum Gasteiger partial charge on any atom is 0.312 e. The average molecular weight is 405 g/mol. The Labute approximate surface area is 167 Å². The van der Waals surface area contributed by atoms with E-state index in [2.05, 4.69) is 20.9 Å². The van der Waals surface area contributed by atoms with Gasteiger partial charge in [-0.1, -0.05) is 19.3 Å². The fraction of sp³-hybridized carbons (Fsp3) is 0.579. The Balaban J connectivity index is 1.82. The van der Waals surface area contributed by atoms with Crippen LogP contribution < -0.4 is 5.73 Å². The number of aliphatic hydroxyl groups is 1. The second kappa shape index (κ2) is 7.57. The normalized spacial score (nSPS) is 24.6. The predicted molar refractivity (Wildman–Crippen MR) is 102 cm³/mol. The molecule has 2 aromatic rings. The van der Waals surface area contributed by atoms with E-state index in [1.165, 1.54) is 10.9 Å². The monoisotopic (exact) mass is 405 g/mol. The summed E-state index contributed by atoms with van der Waals surface area (Å²) in [5.41, 5.74) is 3.77. The van der Waals surface area contributed by atoms with Gasteiger partial charge in [0.15, 0.2) is 22.6 Å². The molecule has 1 aliphatic rings. The third-order valence-electron chi connectivity index (χ3n) is 5.13. The summed E-state index contributed by atoms with van der Waals surface area (Å²) in [4.78, 5) is 23.6. The first-order chi connectivity index (χ1) is 13.6. The molecule has 1 fully saturated rings. The Hall–Kier alpha value is -2.77. The number of rotatable bonds is 6. The third-order valence-corrected chi connectivity index (χ3v) is 5.13. The van der Waals surface area contributed by atoms with Crippen LogP contribution in [0.4, 0.5) is 10.2 Å². The molecule has 29 heavy (non-hydrogen) atoms. The first-order valence-corrected chi connectivity index (χ1v) is 9.30. The Bertz CT molecular complexity index is 969. The van der Waals surface area contributed by atoms with Gasteiger partial charge in [0.05, 0.1) is 11.7 Å². The standard InChI is InChI=1S/C19H24FN5O4/c1-5-7-18(3,4)16(27)28-9-19(6-2)11(26)8-12(29-19)25-10-22-13-14(21)23-17(20)24-15(13)25/h2,10-12,26H,5,7-9H2,1,3-4H3,(H2,21,23,24)/t11-,12+,19+/m0/s1. The maximum atomic E-state index is 13.6. The summed E-state index contributed by atoms with van der Waals surface area (Å²) < 4.78 is 26.3. The van der Waals surface area contributed by atoms with Crippen molar-refractivity contribution in [3.8, 4) is 12.3 Å². The highest BCUT2D eigenvalue weighted by molar-refractivity contribution is 5.81. The third kappa shape index (κ3) is 3.75. The summed E-state index contributed by atoms with van der Waals surface area (Å²) in [6.45, 7) is 5.23. The summed E-state index contributed by atoms with van der Waals surface area (Å²) in [5.74, 6) is 1.88. The van der Waals surface area contributed by atoms with Crippen LogP contribution in [0.15, 0.2) is 6.33 Å². The van der Waals surface area contributed by atoms with E-state index in [1.807, 2.05) is 6.92 Å². The summed E-state index contributed by atoms with van der Waals surface area (Å²) in [6.07, 6.45) is 5.59. The molecule has 0 amide bonds. The molecule has 10 heteroatoms. The van der Waals surface area contributed by atoms with Crippen LogP contribution >= 0.6 is 0 Å². The highest BCUT2D eigenvalue weighted by Gasteiger charge is 2.49. The van der Waals surface area contributed by atoms with Crippen LogP contribution in [0.1, 0.15) is 46.3 Å². The number of anilines is 1. The number of nitrogens with two attached hydrogens (primary N) is 1. The Morgan fingerprint density at radius 2 is 2.31 bits per heavy atom. The number of imidazole rings is 1. The molecule has 0 spiro atoms. The van der Waals surface area contributed by atoms with E-state index in [4.69, 9.17) is 21.6 Å². The van der Waals surface area contributed by atoms with E-state index in [9.17, 15) is 14.3 Å². The Kier molecular flexibility index (Phi) is 5.47. The van der Waals surface area contributed by atoms with Gasteiger partial charge in [-0.15, -0.1) is 6.42 Å². The van der Waals surface area contributed by atoms with Crippen LogP contribution in [0, 0.1) is 23.8 Å². The number of aliphatic hydroxyl groups excluding tert-OH is 1. The lowest BCUT2D eigenvalue weighted by atomic mass is 9.88. The number of fused-ring (bicyclic) bond motifs is 1. The van der Waals surface area contributed by atoms with Gasteiger partial charge < -0.3 is 20.3 Å². The van der Waals surface area contributed by atoms with E-state index < -0.39 is 35.4 Å². The van der Waals surface area contributed by atoms with Crippen LogP contribution in [0.2, 0.25) is 0 Å². The smallest absolute Gasteiger partial charge is 0.312 e. The lowest BCUT2D eigenvalue weighted by molar-refractivity contribution is -0.166. The number of halogens is 1. The van der Waals surface area contributed by atoms with Crippen molar-refractivity contribution in [3.63, 3.8) is 0 Å². The molecular formula is C19H24FN5O4. The molecule has 3 rings (SSSR count). The molecule has 0 aromatic carbocycles. The topological polar surface area (TPSA) is 125 Å². The molecule has 0 saturated carbocycles. The number of terminal acetylenes is 1. The molecule has 0 unspecified atom stereocenters. The zero-order chi connectivity index (χ0) is 21.4. The molecule has 0 aliphatic carbocycles. The van der Waals surface area contributed by atoms with Gasteiger partial charge in [-0.05, 0) is 20.3 Å². The van der Waals surface area contributed by atoms with Gasteiger partial charge in [-0.3, -0.25) is 9.36 Å². The molecule has 3 heterocycles. The van der Waals surface area contributed by atoms with Crippen LogP contribution in [0.5, 0.6) is 0 Å². The van der Waals surface area contributed by atoms with Gasteiger partial charge in [0.1, 0.15) is 18.9 Å². The molecular weight excluding hydrogens is 381 g/mol. The zero-order valence-corrected chi connectivity index (χ0v) is 16.6. The van der Waals surface area contributed by atoms with Crippen molar-refractivity contribution >= 4 is 23.0 Å². The van der Waals surface area contributed by atoms with Gasteiger partial charge >= 0.3 is 12.0 Å². The summed E-state index contributed by atoms with van der Waals surface area (Å²) >= 11 is 0. The van der Waals surface area contributed by atoms with Crippen LogP contribution in [0.25, 0.3) is 11.2 Å².